The number of likely N-dealkylation sites (N-methyl/N-ethyl adjacent to an activating group) is 1. The van der Waals surface area contributed by atoms with Crippen LogP contribution in [0.3, 0.4) is 0 Å². The van der Waals surface area contributed by atoms with Gasteiger partial charge in [0.1, 0.15) is 6.54 Å². The number of hydrogen-bond acceptors (Lipinski definition) is 6. The summed E-state index contributed by atoms with van der Waals surface area (Å²) in [5.74, 6) is -1.72. The van der Waals surface area contributed by atoms with Gasteiger partial charge in [-0.2, -0.15) is 0 Å². The fraction of sp³-hybridized carbons (Fsp3) is 0.500. The van der Waals surface area contributed by atoms with Gasteiger partial charge in [-0.05, 0) is 25.2 Å². The van der Waals surface area contributed by atoms with E-state index in [1.54, 1.807) is 24.3 Å². The van der Waals surface area contributed by atoms with Crippen LogP contribution in [0.5, 0.6) is 0 Å². The van der Waals surface area contributed by atoms with E-state index in [0.29, 0.717) is 24.2 Å². The lowest BCUT2D eigenvalue weighted by atomic mass is 10.1. The summed E-state index contributed by atoms with van der Waals surface area (Å²) < 4.78 is 4.65. The maximum Gasteiger partial charge on any atom is 0.307 e. The van der Waals surface area contributed by atoms with Crippen molar-refractivity contribution < 1.29 is 23.9 Å². The van der Waals surface area contributed by atoms with Crippen LogP contribution in [0.1, 0.15) is 41.0 Å². The van der Waals surface area contributed by atoms with Crippen molar-refractivity contribution in [1.82, 2.24) is 14.7 Å². The second-order valence-corrected chi connectivity index (χ2v) is 6.48. The van der Waals surface area contributed by atoms with Gasteiger partial charge in [0.15, 0.2) is 0 Å². The van der Waals surface area contributed by atoms with E-state index < -0.39 is 17.8 Å². The molecule has 1 aromatic carbocycles. The lowest BCUT2D eigenvalue weighted by molar-refractivity contribution is -0.141. The van der Waals surface area contributed by atoms with E-state index in [4.69, 9.17) is 0 Å². The maximum absolute atomic E-state index is 12.8. The number of rotatable bonds is 10. The summed E-state index contributed by atoms with van der Waals surface area (Å²) in [6.45, 7) is 6.62. The molecule has 0 spiro atoms. The zero-order valence-corrected chi connectivity index (χ0v) is 16.6. The summed E-state index contributed by atoms with van der Waals surface area (Å²) >= 11 is 0. The number of methoxy groups -OCH3 is 1. The molecule has 1 heterocycles. The molecule has 0 aliphatic carbocycles. The van der Waals surface area contributed by atoms with Crippen LogP contribution in [0.4, 0.5) is 0 Å². The SMILES string of the molecule is CCN(CC)CCN(CCC(=O)OC)C(=O)CN1C(=O)c2ccccc2C1=O. The number of benzene rings is 1. The Hall–Kier alpha value is -2.74. The van der Waals surface area contributed by atoms with E-state index >= 15 is 0 Å². The molecule has 0 aromatic heterocycles. The van der Waals surface area contributed by atoms with E-state index in [-0.39, 0.29) is 25.4 Å². The van der Waals surface area contributed by atoms with Gasteiger partial charge in [-0.25, -0.2) is 0 Å². The van der Waals surface area contributed by atoms with Crippen LogP contribution in [-0.2, 0) is 14.3 Å². The lowest BCUT2D eigenvalue weighted by Crippen LogP contribution is -2.46. The molecular formula is C20H27N3O5. The average Bonchev–Trinajstić information content (AvgIpc) is 2.95. The minimum atomic E-state index is -0.467. The Labute approximate surface area is 165 Å². The number of ether oxygens (including phenoxy) is 1. The molecule has 28 heavy (non-hydrogen) atoms. The van der Waals surface area contributed by atoms with Gasteiger partial charge in [0.05, 0.1) is 24.7 Å². The Morgan fingerprint density at radius 3 is 2.04 bits per heavy atom. The number of nitrogens with zero attached hydrogens (tertiary/aromatic N) is 3. The Kier molecular flexibility index (Phi) is 7.69. The highest BCUT2D eigenvalue weighted by Gasteiger charge is 2.37. The van der Waals surface area contributed by atoms with Crippen molar-refractivity contribution in [2.75, 3.05) is 46.4 Å². The zero-order chi connectivity index (χ0) is 20.7. The predicted molar refractivity (Wildman–Crippen MR) is 103 cm³/mol. The number of fused-ring (bicyclic) bond motifs is 1. The van der Waals surface area contributed by atoms with Crippen molar-refractivity contribution in [3.63, 3.8) is 0 Å². The van der Waals surface area contributed by atoms with Gasteiger partial charge in [0.2, 0.25) is 5.91 Å². The van der Waals surface area contributed by atoms with Crippen LogP contribution in [0, 0.1) is 0 Å². The van der Waals surface area contributed by atoms with Crippen LogP contribution in [0.15, 0.2) is 24.3 Å². The molecule has 1 aromatic rings. The maximum atomic E-state index is 12.8. The summed E-state index contributed by atoms with van der Waals surface area (Å²) in [5, 5.41) is 0. The average molecular weight is 389 g/mol. The number of carbonyl (C=O) groups is 4. The van der Waals surface area contributed by atoms with Gasteiger partial charge in [-0.1, -0.05) is 26.0 Å². The topological polar surface area (TPSA) is 87.2 Å². The van der Waals surface area contributed by atoms with Crippen LogP contribution in [0.25, 0.3) is 0 Å². The number of hydrogen-bond donors (Lipinski definition) is 0. The largest absolute Gasteiger partial charge is 0.469 e. The first-order valence-electron chi connectivity index (χ1n) is 9.45. The summed E-state index contributed by atoms with van der Waals surface area (Å²) in [6.07, 6.45) is 0.0581. The summed E-state index contributed by atoms with van der Waals surface area (Å²) in [4.78, 5) is 53.9. The van der Waals surface area contributed by atoms with Gasteiger partial charge < -0.3 is 14.5 Å². The minimum absolute atomic E-state index is 0.0581. The molecule has 0 unspecified atom stereocenters. The van der Waals surface area contributed by atoms with Crippen molar-refractivity contribution in [3.05, 3.63) is 35.4 Å². The summed E-state index contributed by atoms with van der Waals surface area (Å²) in [5.41, 5.74) is 0.620. The third kappa shape index (κ3) is 4.95. The molecule has 0 saturated heterocycles. The second-order valence-electron chi connectivity index (χ2n) is 6.48. The number of carbonyl (C=O) groups excluding carboxylic acids is 4. The van der Waals surface area contributed by atoms with Gasteiger partial charge >= 0.3 is 5.97 Å². The smallest absolute Gasteiger partial charge is 0.307 e. The van der Waals surface area contributed by atoms with Crippen LogP contribution >= 0.6 is 0 Å². The monoisotopic (exact) mass is 389 g/mol. The molecular weight excluding hydrogens is 362 g/mol. The first-order valence-corrected chi connectivity index (χ1v) is 9.45. The van der Waals surface area contributed by atoms with Gasteiger partial charge in [-0.15, -0.1) is 0 Å². The first-order chi connectivity index (χ1) is 13.4. The van der Waals surface area contributed by atoms with Crippen molar-refractivity contribution >= 4 is 23.7 Å². The predicted octanol–water partition coefficient (Wildman–Crippen LogP) is 1.02. The Balaban J connectivity index is 2.07. The molecule has 0 radical (unpaired) electrons. The normalized spacial score (nSPS) is 13.1. The molecule has 0 bridgehead atoms. The van der Waals surface area contributed by atoms with E-state index in [2.05, 4.69) is 9.64 Å². The standard InChI is InChI=1S/C20H27N3O5/c1-4-21(5-2)12-13-22(11-10-18(25)28-3)17(24)14-23-19(26)15-8-6-7-9-16(15)20(23)27/h6-9H,4-5,10-14H2,1-3H3. The van der Waals surface area contributed by atoms with Crippen molar-refractivity contribution in [3.8, 4) is 0 Å². The highest BCUT2D eigenvalue weighted by atomic mass is 16.5. The molecule has 8 nitrogen and oxygen atoms in total. The van der Waals surface area contributed by atoms with Gasteiger partial charge in [0, 0.05) is 19.6 Å². The second kappa shape index (κ2) is 9.98. The number of imide groups is 1. The van der Waals surface area contributed by atoms with Crippen molar-refractivity contribution in [2.45, 2.75) is 20.3 Å². The molecule has 1 aliphatic rings. The van der Waals surface area contributed by atoms with Crippen molar-refractivity contribution in [2.24, 2.45) is 0 Å². The highest BCUT2D eigenvalue weighted by Crippen LogP contribution is 2.22. The molecule has 1 aliphatic heterocycles. The molecule has 2 rings (SSSR count). The molecule has 3 amide bonds. The highest BCUT2D eigenvalue weighted by molar-refractivity contribution is 6.22. The molecule has 152 valence electrons. The number of amides is 3. The molecule has 0 N–H and O–H groups in total. The van der Waals surface area contributed by atoms with E-state index in [1.165, 1.54) is 12.0 Å². The molecule has 0 fully saturated rings. The van der Waals surface area contributed by atoms with E-state index in [1.807, 2.05) is 13.8 Å². The quantitative estimate of drug-likeness (QED) is 0.439. The molecule has 0 atom stereocenters. The summed E-state index contributed by atoms with van der Waals surface area (Å²) in [6, 6.07) is 6.52. The molecule has 0 saturated carbocycles. The summed E-state index contributed by atoms with van der Waals surface area (Å²) in [7, 11) is 1.29. The van der Waals surface area contributed by atoms with Crippen LogP contribution in [0.2, 0.25) is 0 Å². The van der Waals surface area contributed by atoms with Crippen molar-refractivity contribution in [1.29, 1.82) is 0 Å². The Bertz CT molecular complexity index is 710. The van der Waals surface area contributed by atoms with E-state index in [0.717, 1.165) is 18.0 Å². The Morgan fingerprint density at radius 1 is 0.964 bits per heavy atom. The zero-order valence-electron chi connectivity index (χ0n) is 16.6. The fourth-order valence-corrected chi connectivity index (χ4v) is 3.11. The van der Waals surface area contributed by atoms with Crippen LogP contribution in [-0.4, -0.2) is 84.8 Å². The van der Waals surface area contributed by atoms with Gasteiger partial charge in [-0.3, -0.25) is 24.1 Å². The number of esters is 1. The van der Waals surface area contributed by atoms with E-state index in [9.17, 15) is 19.2 Å². The Morgan fingerprint density at radius 2 is 1.54 bits per heavy atom. The third-order valence-electron chi connectivity index (χ3n) is 4.92. The minimum Gasteiger partial charge on any atom is -0.469 e. The third-order valence-corrected chi connectivity index (χ3v) is 4.92. The fourth-order valence-electron chi connectivity index (χ4n) is 3.11. The molecule has 8 heteroatoms. The van der Waals surface area contributed by atoms with Gasteiger partial charge in [0.25, 0.3) is 11.8 Å². The lowest BCUT2D eigenvalue weighted by Gasteiger charge is -2.27. The first kappa shape index (κ1) is 21.6. The van der Waals surface area contributed by atoms with Crippen LogP contribution < -0.4 is 0 Å².